The van der Waals surface area contributed by atoms with Crippen LogP contribution in [0.2, 0.25) is 0 Å². The zero-order chi connectivity index (χ0) is 16.4. The Morgan fingerprint density at radius 3 is 3.09 bits per heavy atom. The van der Waals surface area contributed by atoms with Crippen LogP contribution in [0.3, 0.4) is 0 Å². The Morgan fingerprint density at radius 2 is 2.35 bits per heavy atom. The lowest BCUT2D eigenvalue weighted by Gasteiger charge is -2.23. The minimum absolute atomic E-state index is 0.204. The van der Waals surface area contributed by atoms with E-state index in [2.05, 4.69) is 4.98 Å². The SMILES string of the molecule is CCCc1nc(C(=O)N2C[C@@H](O)C[C@@H]2c2cccc(F)c2)co1. The van der Waals surface area contributed by atoms with Crippen molar-refractivity contribution in [3.05, 3.63) is 53.5 Å². The zero-order valence-electron chi connectivity index (χ0n) is 12.9. The Labute approximate surface area is 133 Å². The van der Waals surface area contributed by atoms with E-state index in [0.29, 0.717) is 24.3 Å². The van der Waals surface area contributed by atoms with Crippen molar-refractivity contribution >= 4 is 5.91 Å². The highest BCUT2D eigenvalue weighted by molar-refractivity contribution is 5.92. The first-order chi connectivity index (χ1) is 11.1. The lowest BCUT2D eigenvalue weighted by Crippen LogP contribution is -2.32. The third kappa shape index (κ3) is 3.27. The number of hydrogen-bond acceptors (Lipinski definition) is 4. The number of benzene rings is 1. The predicted octanol–water partition coefficient (Wildman–Crippen LogP) is 2.71. The van der Waals surface area contributed by atoms with E-state index < -0.39 is 6.10 Å². The predicted molar refractivity (Wildman–Crippen MR) is 81.3 cm³/mol. The van der Waals surface area contributed by atoms with Gasteiger partial charge in [-0.3, -0.25) is 4.79 Å². The van der Waals surface area contributed by atoms with Gasteiger partial charge in [0, 0.05) is 13.0 Å². The summed E-state index contributed by atoms with van der Waals surface area (Å²) in [5.74, 6) is -0.136. The maximum Gasteiger partial charge on any atom is 0.276 e. The molecule has 1 amide bonds. The quantitative estimate of drug-likeness (QED) is 0.941. The molecule has 1 fully saturated rings. The third-order valence-corrected chi connectivity index (χ3v) is 4.01. The Morgan fingerprint density at radius 1 is 1.52 bits per heavy atom. The Balaban J connectivity index is 1.85. The standard InChI is InChI=1S/C17H19FN2O3/c1-2-4-16-19-14(10-23-16)17(22)20-9-13(21)8-15(20)11-5-3-6-12(18)7-11/h3,5-7,10,13,15,21H,2,4,8-9H2,1H3/t13-,15+/m0/s1. The second-order valence-electron chi connectivity index (χ2n) is 5.79. The van der Waals surface area contributed by atoms with Crippen LogP contribution < -0.4 is 0 Å². The highest BCUT2D eigenvalue weighted by Gasteiger charge is 2.36. The van der Waals surface area contributed by atoms with Crippen molar-refractivity contribution in [3.8, 4) is 0 Å². The number of carbonyl (C=O) groups excluding carboxylic acids is 1. The van der Waals surface area contributed by atoms with Gasteiger partial charge in [0.2, 0.25) is 0 Å². The molecule has 3 rings (SSSR count). The summed E-state index contributed by atoms with van der Waals surface area (Å²) in [6.45, 7) is 2.21. The van der Waals surface area contributed by atoms with Gasteiger partial charge in [-0.15, -0.1) is 0 Å². The number of nitrogens with zero attached hydrogens (tertiary/aromatic N) is 2. The molecule has 1 aliphatic heterocycles. The van der Waals surface area contributed by atoms with Gasteiger partial charge in [-0.2, -0.15) is 0 Å². The summed E-state index contributed by atoms with van der Waals surface area (Å²) in [5, 5.41) is 9.95. The number of halogens is 1. The molecule has 1 aromatic carbocycles. The molecule has 0 radical (unpaired) electrons. The van der Waals surface area contributed by atoms with E-state index in [0.717, 1.165) is 6.42 Å². The molecule has 23 heavy (non-hydrogen) atoms. The van der Waals surface area contributed by atoms with Crippen LogP contribution >= 0.6 is 0 Å². The van der Waals surface area contributed by atoms with Gasteiger partial charge in [0.05, 0.1) is 12.1 Å². The molecule has 1 N–H and O–H groups in total. The maximum atomic E-state index is 13.5. The largest absolute Gasteiger partial charge is 0.448 e. The van der Waals surface area contributed by atoms with Crippen LogP contribution in [0.5, 0.6) is 0 Å². The molecule has 122 valence electrons. The van der Waals surface area contributed by atoms with Crippen molar-refractivity contribution < 1.29 is 18.7 Å². The molecule has 1 saturated heterocycles. The molecule has 2 heterocycles. The van der Waals surface area contributed by atoms with Crippen LogP contribution in [0.15, 0.2) is 34.9 Å². The summed E-state index contributed by atoms with van der Waals surface area (Å²) in [4.78, 5) is 18.4. The van der Waals surface area contributed by atoms with Crippen LogP contribution in [-0.2, 0) is 6.42 Å². The number of aliphatic hydroxyl groups is 1. The lowest BCUT2D eigenvalue weighted by atomic mass is 10.0. The van der Waals surface area contributed by atoms with Crippen molar-refractivity contribution in [2.75, 3.05) is 6.54 Å². The number of rotatable bonds is 4. The number of aliphatic hydroxyl groups excluding tert-OH is 1. The molecule has 2 aromatic rings. The molecule has 5 nitrogen and oxygen atoms in total. The number of amides is 1. The van der Waals surface area contributed by atoms with Gasteiger partial charge >= 0.3 is 0 Å². The van der Waals surface area contributed by atoms with E-state index in [1.165, 1.54) is 23.3 Å². The highest BCUT2D eigenvalue weighted by atomic mass is 19.1. The minimum atomic E-state index is -0.630. The van der Waals surface area contributed by atoms with Gasteiger partial charge in [-0.1, -0.05) is 19.1 Å². The normalized spacial score (nSPS) is 20.9. The van der Waals surface area contributed by atoms with E-state index in [-0.39, 0.29) is 30.0 Å². The third-order valence-electron chi connectivity index (χ3n) is 4.01. The van der Waals surface area contributed by atoms with Gasteiger partial charge in [0.25, 0.3) is 5.91 Å². The van der Waals surface area contributed by atoms with Crippen molar-refractivity contribution in [1.29, 1.82) is 0 Å². The van der Waals surface area contributed by atoms with Crippen molar-refractivity contribution in [2.45, 2.75) is 38.3 Å². The van der Waals surface area contributed by atoms with Gasteiger partial charge in [-0.25, -0.2) is 9.37 Å². The summed E-state index contributed by atoms with van der Waals surface area (Å²) in [7, 11) is 0. The van der Waals surface area contributed by atoms with Gasteiger partial charge in [0.1, 0.15) is 12.1 Å². The summed E-state index contributed by atoms with van der Waals surface area (Å²) in [5.41, 5.74) is 0.899. The summed E-state index contributed by atoms with van der Waals surface area (Å²) >= 11 is 0. The van der Waals surface area contributed by atoms with Gasteiger partial charge in [0.15, 0.2) is 11.6 Å². The lowest BCUT2D eigenvalue weighted by molar-refractivity contribution is 0.0709. The molecule has 0 unspecified atom stereocenters. The number of β-amino-alcohol motifs (C(OH)–C–C–N with tert-alkyl or cyclic N) is 1. The van der Waals surface area contributed by atoms with Crippen molar-refractivity contribution in [3.63, 3.8) is 0 Å². The van der Waals surface area contributed by atoms with Crippen molar-refractivity contribution in [2.24, 2.45) is 0 Å². The topological polar surface area (TPSA) is 66.6 Å². The van der Waals surface area contributed by atoms with Crippen LogP contribution in [0.25, 0.3) is 0 Å². The van der Waals surface area contributed by atoms with E-state index in [9.17, 15) is 14.3 Å². The molecular weight excluding hydrogens is 299 g/mol. The first kappa shape index (κ1) is 15.7. The second-order valence-corrected chi connectivity index (χ2v) is 5.79. The molecule has 0 aliphatic carbocycles. The smallest absolute Gasteiger partial charge is 0.276 e. The number of hydrogen-bond donors (Lipinski definition) is 1. The maximum absolute atomic E-state index is 13.5. The first-order valence-corrected chi connectivity index (χ1v) is 7.77. The molecule has 1 aromatic heterocycles. The highest BCUT2D eigenvalue weighted by Crippen LogP contribution is 2.33. The number of aromatic nitrogens is 1. The monoisotopic (exact) mass is 318 g/mol. The average molecular weight is 318 g/mol. The fourth-order valence-electron chi connectivity index (χ4n) is 2.95. The van der Waals surface area contributed by atoms with Crippen LogP contribution in [-0.4, -0.2) is 33.5 Å². The fourth-order valence-corrected chi connectivity index (χ4v) is 2.95. The fraction of sp³-hybridized carbons (Fsp3) is 0.412. The first-order valence-electron chi connectivity index (χ1n) is 7.77. The number of aryl methyl sites for hydroxylation is 1. The number of oxazole rings is 1. The Bertz CT molecular complexity index is 701. The molecular formula is C17H19FN2O3. The molecule has 0 saturated carbocycles. The molecule has 1 aliphatic rings. The van der Waals surface area contributed by atoms with E-state index in [1.807, 2.05) is 6.92 Å². The van der Waals surface area contributed by atoms with Crippen LogP contribution in [0.4, 0.5) is 4.39 Å². The molecule has 0 spiro atoms. The summed E-state index contributed by atoms with van der Waals surface area (Å²) in [6, 6.07) is 5.76. The summed E-state index contributed by atoms with van der Waals surface area (Å²) < 4.78 is 18.8. The average Bonchev–Trinajstić information content (AvgIpc) is 3.14. The van der Waals surface area contributed by atoms with Crippen LogP contribution in [0, 0.1) is 5.82 Å². The van der Waals surface area contributed by atoms with Gasteiger partial charge in [-0.05, 0) is 30.5 Å². The second kappa shape index (κ2) is 6.50. The minimum Gasteiger partial charge on any atom is -0.448 e. The van der Waals surface area contributed by atoms with E-state index in [1.54, 1.807) is 12.1 Å². The number of likely N-dealkylation sites (tertiary alicyclic amines) is 1. The van der Waals surface area contributed by atoms with Gasteiger partial charge < -0.3 is 14.4 Å². The molecule has 6 heteroatoms. The van der Waals surface area contributed by atoms with E-state index in [4.69, 9.17) is 4.42 Å². The van der Waals surface area contributed by atoms with E-state index >= 15 is 0 Å². The molecule has 2 atom stereocenters. The zero-order valence-corrected chi connectivity index (χ0v) is 12.9. The summed E-state index contributed by atoms with van der Waals surface area (Å²) in [6.07, 6.45) is 2.65. The Kier molecular flexibility index (Phi) is 4.43. The van der Waals surface area contributed by atoms with Crippen molar-refractivity contribution in [1.82, 2.24) is 9.88 Å². The number of carbonyl (C=O) groups is 1. The molecule has 0 bridgehead atoms. The Hall–Kier alpha value is -2.21. The van der Waals surface area contributed by atoms with Crippen LogP contribution in [0.1, 0.15) is 47.7 Å².